The summed E-state index contributed by atoms with van der Waals surface area (Å²) < 4.78 is 0. The normalized spacial score (nSPS) is 14.1. The maximum absolute atomic E-state index is 4.69. The fourth-order valence-corrected chi connectivity index (χ4v) is 3.93. The SMILES string of the molecule is C1CNCNC1.C=NCS/C=C(\N=C)c1csc(-c2cccnc2CCC)n1. The maximum atomic E-state index is 4.69. The van der Waals surface area contributed by atoms with Gasteiger partial charge in [0.2, 0.25) is 0 Å². The fraction of sp³-hybridized carbons (Fsp3) is 0.400. The lowest BCUT2D eigenvalue weighted by molar-refractivity contribution is 0.496. The van der Waals surface area contributed by atoms with Crippen LogP contribution in [0.25, 0.3) is 16.3 Å². The van der Waals surface area contributed by atoms with Crippen LogP contribution in [0.15, 0.2) is 39.1 Å². The van der Waals surface area contributed by atoms with Crippen molar-refractivity contribution < 1.29 is 0 Å². The molecule has 1 fully saturated rings. The first-order valence-corrected chi connectivity index (χ1v) is 11.3. The summed E-state index contributed by atoms with van der Waals surface area (Å²) in [6.45, 7) is 12.6. The summed E-state index contributed by atoms with van der Waals surface area (Å²) in [5.74, 6) is 0.596. The van der Waals surface area contributed by atoms with Gasteiger partial charge in [-0.15, -0.1) is 23.1 Å². The van der Waals surface area contributed by atoms with Crippen LogP contribution in [0.2, 0.25) is 0 Å². The van der Waals surface area contributed by atoms with E-state index in [1.807, 2.05) is 23.1 Å². The molecular formula is C20H28N6S2. The van der Waals surface area contributed by atoms with Gasteiger partial charge in [-0.2, -0.15) is 0 Å². The van der Waals surface area contributed by atoms with Gasteiger partial charge in [0.05, 0.1) is 17.3 Å². The van der Waals surface area contributed by atoms with Crippen molar-refractivity contribution in [1.82, 2.24) is 20.6 Å². The molecule has 0 bridgehead atoms. The predicted molar refractivity (Wildman–Crippen MR) is 124 cm³/mol. The molecule has 3 rings (SSSR count). The molecule has 2 aromatic rings. The summed E-state index contributed by atoms with van der Waals surface area (Å²) in [4.78, 5) is 17.0. The number of aryl methyl sites for hydroxylation is 1. The highest BCUT2D eigenvalue weighted by molar-refractivity contribution is 8.02. The molecule has 3 heterocycles. The van der Waals surface area contributed by atoms with Crippen molar-refractivity contribution >= 4 is 42.2 Å². The molecule has 0 unspecified atom stereocenters. The number of hydrogen-bond acceptors (Lipinski definition) is 8. The van der Waals surface area contributed by atoms with E-state index in [0.717, 1.165) is 47.2 Å². The van der Waals surface area contributed by atoms with Crippen molar-refractivity contribution in [3.63, 3.8) is 0 Å². The molecule has 0 atom stereocenters. The number of hydrogen-bond donors (Lipinski definition) is 2. The van der Waals surface area contributed by atoms with Gasteiger partial charge in [-0.3, -0.25) is 15.0 Å². The quantitative estimate of drug-likeness (QED) is 0.501. The van der Waals surface area contributed by atoms with Gasteiger partial charge in [0.25, 0.3) is 0 Å². The van der Waals surface area contributed by atoms with Crippen LogP contribution in [0.1, 0.15) is 31.2 Å². The van der Waals surface area contributed by atoms with Crippen molar-refractivity contribution in [2.24, 2.45) is 9.98 Å². The predicted octanol–water partition coefficient (Wildman–Crippen LogP) is 4.07. The number of nitrogens with one attached hydrogen (secondary N) is 2. The van der Waals surface area contributed by atoms with Crippen molar-refractivity contribution in [3.8, 4) is 10.6 Å². The third-order valence-corrected chi connectivity index (χ3v) is 5.46. The molecule has 28 heavy (non-hydrogen) atoms. The first-order valence-electron chi connectivity index (χ1n) is 9.32. The summed E-state index contributed by atoms with van der Waals surface area (Å²) in [5, 5.41) is 11.2. The summed E-state index contributed by atoms with van der Waals surface area (Å²) in [7, 11) is 0. The molecule has 1 saturated heterocycles. The van der Waals surface area contributed by atoms with Crippen molar-refractivity contribution in [2.75, 3.05) is 25.6 Å². The number of rotatable bonds is 8. The van der Waals surface area contributed by atoms with E-state index in [1.165, 1.54) is 31.3 Å². The van der Waals surface area contributed by atoms with Gasteiger partial charge in [0.15, 0.2) is 0 Å². The Balaban J connectivity index is 0.000000397. The van der Waals surface area contributed by atoms with E-state index in [1.54, 1.807) is 11.3 Å². The summed E-state index contributed by atoms with van der Waals surface area (Å²) in [6, 6.07) is 4.02. The van der Waals surface area contributed by atoms with Gasteiger partial charge in [-0.05, 0) is 51.5 Å². The van der Waals surface area contributed by atoms with Crippen LogP contribution in [0.3, 0.4) is 0 Å². The summed E-state index contributed by atoms with van der Waals surface area (Å²) in [5.41, 5.74) is 3.78. The van der Waals surface area contributed by atoms with Crippen LogP contribution in [0, 0.1) is 0 Å². The number of thioether (sulfide) groups is 1. The monoisotopic (exact) mass is 416 g/mol. The molecule has 150 valence electrons. The highest BCUT2D eigenvalue weighted by Crippen LogP contribution is 2.30. The number of thiazole rings is 1. The van der Waals surface area contributed by atoms with Gasteiger partial charge < -0.3 is 10.6 Å². The Morgan fingerprint density at radius 1 is 1.36 bits per heavy atom. The first kappa shape index (κ1) is 22.4. The molecule has 2 N–H and O–H groups in total. The van der Waals surface area contributed by atoms with E-state index in [4.69, 9.17) is 4.98 Å². The minimum atomic E-state index is 0.596. The Hall–Kier alpha value is -1.87. The second kappa shape index (κ2) is 13.3. The Labute approximate surface area is 175 Å². The van der Waals surface area contributed by atoms with Crippen molar-refractivity contribution in [3.05, 3.63) is 40.5 Å². The van der Waals surface area contributed by atoms with E-state index < -0.39 is 0 Å². The van der Waals surface area contributed by atoms with Crippen LogP contribution in [-0.4, -0.2) is 49.0 Å². The lowest BCUT2D eigenvalue weighted by atomic mass is 10.1. The highest BCUT2D eigenvalue weighted by Gasteiger charge is 2.11. The van der Waals surface area contributed by atoms with Crippen LogP contribution in [0.4, 0.5) is 0 Å². The number of pyridine rings is 1. The van der Waals surface area contributed by atoms with Gasteiger partial charge in [-0.1, -0.05) is 13.3 Å². The zero-order valence-electron chi connectivity index (χ0n) is 16.4. The smallest absolute Gasteiger partial charge is 0.125 e. The van der Waals surface area contributed by atoms with Crippen LogP contribution in [0.5, 0.6) is 0 Å². The molecule has 6 nitrogen and oxygen atoms in total. The molecule has 0 saturated carbocycles. The van der Waals surface area contributed by atoms with E-state index >= 15 is 0 Å². The van der Waals surface area contributed by atoms with E-state index in [0.29, 0.717) is 5.88 Å². The third-order valence-electron chi connectivity index (χ3n) is 3.86. The summed E-state index contributed by atoms with van der Waals surface area (Å²) in [6.07, 6.45) is 5.12. The first-order chi connectivity index (χ1) is 13.8. The minimum absolute atomic E-state index is 0.596. The van der Waals surface area contributed by atoms with E-state index in [2.05, 4.69) is 52.0 Å². The minimum Gasteiger partial charge on any atom is -0.304 e. The topological polar surface area (TPSA) is 74.6 Å². The molecule has 1 aliphatic heterocycles. The standard InChI is InChI=1S/C16H18N4S2.C4H10N2/c1-4-6-13-12(7-5-8-19-13)16-20-15(10-22-16)14(18-3)9-21-11-17-2;1-2-5-4-6-3-1/h5,7-10H,2-4,6,11H2,1H3;5-6H,1-4H2/b14-9-;. The lowest BCUT2D eigenvalue weighted by Crippen LogP contribution is -2.37. The molecule has 1 aliphatic rings. The largest absolute Gasteiger partial charge is 0.304 e. The van der Waals surface area contributed by atoms with Gasteiger partial charge in [-0.25, -0.2) is 4.98 Å². The van der Waals surface area contributed by atoms with Gasteiger partial charge in [0, 0.05) is 29.2 Å². The van der Waals surface area contributed by atoms with E-state index in [9.17, 15) is 0 Å². The average Bonchev–Trinajstić information content (AvgIpc) is 3.23. The highest BCUT2D eigenvalue weighted by atomic mass is 32.2. The Kier molecular flexibility index (Phi) is 10.7. The molecule has 0 amide bonds. The molecule has 2 aromatic heterocycles. The maximum Gasteiger partial charge on any atom is 0.125 e. The van der Waals surface area contributed by atoms with Crippen molar-refractivity contribution in [1.29, 1.82) is 0 Å². The van der Waals surface area contributed by atoms with E-state index in [-0.39, 0.29) is 0 Å². The summed E-state index contributed by atoms with van der Waals surface area (Å²) >= 11 is 3.13. The lowest BCUT2D eigenvalue weighted by Gasteiger charge is -2.11. The number of nitrogens with zero attached hydrogens (tertiary/aromatic N) is 4. The molecule has 0 spiro atoms. The van der Waals surface area contributed by atoms with Gasteiger partial charge >= 0.3 is 0 Å². The second-order valence-electron chi connectivity index (χ2n) is 6.00. The fourth-order valence-electron chi connectivity index (χ4n) is 2.53. The van der Waals surface area contributed by atoms with Gasteiger partial charge in [0.1, 0.15) is 10.7 Å². The number of aromatic nitrogens is 2. The Morgan fingerprint density at radius 2 is 2.18 bits per heavy atom. The molecular weight excluding hydrogens is 388 g/mol. The second-order valence-corrected chi connectivity index (χ2v) is 7.68. The zero-order chi connectivity index (χ0) is 20.0. The van der Waals surface area contributed by atoms with Crippen LogP contribution in [-0.2, 0) is 6.42 Å². The molecule has 0 aromatic carbocycles. The third kappa shape index (κ3) is 7.27. The molecule has 0 aliphatic carbocycles. The molecule has 0 radical (unpaired) electrons. The average molecular weight is 417 g/mol. The van der Waals surface area contributed by atoms with Crippen LogP contribution < -0.4 is 10.6 Å². The Morgan fingerprint density at radius 3 is 2.79 bits per heavy atom. The van der Waals surface area contributed by atoms with Crippen LogP contribution >= 0.6 is 23.1 Å². The Bertz CT molecular complexity index is 756. The zero-order valence-corrected chi connectivity index (χ0v) is 18.0. The molecule has 8 heteroatoms. The van der Waals surface area contributed by atoms with Crippen molar-refractivity contribution in [2.45, 2.75) is 26.2 Å². The number of aliphatic imine (C=N–C) groups is 2.